The van der Waals surface area contributed by atoms with Crippen LogP contribution in [0.15, 0.2) is 42.5 Å². The lowest BCUT2D eigenvalue weighted by Crippen LogP contribution is -2.43. The van der Waals surface area contributed by atoms with E-state index in [1.54, 1.807) is 11.0 Å². The van der Waals surface area contributed by atoms with Gasteiger partial charge in [-0.15, -0.1) is 0 Å². The lowest BCUT2D eigenvalue weighted by molar-refractivity contribution is 0.0526. The molecule has 32 heavy (non-hydrogen) atoms. The molecule has 2 aliphatic rings. The van der Waals surface area contributed by atoms with Crippen molar-refractivity contribution >= 4 is 23.4 Å². The van der Waals surface area contributed by atoms with Crippen molar-refractivity contribution in [2.24, 2.45) is 5.41 Å². The molecule has 2 N–H and O–H groups in total. The fourth-order valence-electron chi connectivity index (χ4n) is 4.47. The van der Waals surface area contributed by atoms with E-state index in [0.29, 0.717) is 38.5 Å². The molecule has 1 unspecified atom stereocenters. The molecule has 2 amide bonds. The van der Waals surface area contributed by atoms with Gasteiger partial charge in [0, 0.05) is 24.5 Å². The van der Waals surface area contributed by atoms with E-state index in [2.05, 4.69) is 30.5 Å². The number of carbonyl (C=O) groups excluding carboxylic acids is 2. The standard InChI is InChI=1S/C25H31N3O4/c1-4-32-23(29)18-8-9-21-19(14-18)16-25(2,3)22(27-21)17-6-5-7-20(15-17)26-24(30)28-10-12-31-13-11-28/h5-9,14-15,22,27H,4,10-13,16H2,1-3H3,(H,26,30). The molecule has 1 saturated heterocycles. The quantitative estimate of drug-likeness (QED) is 0.690. The Hall–Kier alpha value is -3.06. The number of nitrogens with one attached hydrogen (secondary N) is 2. The average molecular weight is 438 g/mol. The Balaban J connectivity index is 1.53. The van der Waals surface area contributed by atoms with E-state index in [1.165, 1.54) is 0 Å². The van der Waals surface area contributed by atoms with E-state index in [1.807, 2.05) is 37.3 Å². The Morgan fingerprint density at radius 2 is 1.97 bits per heavy atom. The SMILES string of the molecule is CCOC(=O)c1ccc2c(c1)CC(C)(C)C(c1cccc(NC(=O)N3CCOCC3)c1)N2. The van der Waals surface area contributed by atoms with Crippen molar-refractivity contribution < 1.29 is 19.1 Å². The molecule has 0 radical (unpaired) electrons. The number of fused-ring (bicyclic) bond motifs is 1. The van der Waals surface area contributed by atoms with Crippen molar-refractivity contribution in [3.8, 4) is 0 Å². The molecule has 2 aromatic carbocycles. The monoisotopic (exact) mass is 437 g/mol. The van der Waals surface area contributed by atoms with Crippen LogP contribution in [0.25, 0.3) is 0 Å². The van der Waals surface area contributed by atoms with Crippen molar-refractivity contribution in [3.05, 3.63) is 59.2 Å². The average Bonchev–Trinajstić information content (AvgIpc) is 2.78. The fraction of sp³-hybridized carbons (Fsp3) is 0.440. The lowest BCUT2D eigenvalue weighted by Gasteiger charge is -2.41. The van der Waals surface area contributed by atoms with Gasteiger partial charge >= 0.3 is 12.0 Å². The van der Waals surface area contributed by atoms with Gasteiger partial charge in [0.25, 0.3) is 0 Å². The molecular weight excluding hydrogens is 406 g/mol. The van der Waals surface area contributed by atoms with Gasteiger partial charge in [0.15, 0.2) is 0 Å². The molecule has 7 nitrogen and oxygen atoms in total. The van der Waals surface area contributed by atoms with Crippen LogP contribution in [0.4, 0.5) is 16.2 Å². The zero-order valence-electron chi connectivity index (χ0n) is 18.9. The lowest BCUT2D eigenvalue weighted by atomic mass is 9.72. The molecule has 4 rings (SSSR count). The summed E-state index contributed by atoms with van der Waals surface area (Å²) in [6.07, 6.45) is 0.817. The van der Waals surface area contributed by atoms with Crippen molar-refractivity contribution in [2.45, 2.75) is 33.2 Å². The first-order valence-corrected chi connectivity index (χ1v) is 11.2. The smallest absolute Gasteiger partial charge is 0.338 e. The van der Waals surface area contributed by atoms with Gasteiger partial charge in [-0.25, -0.2) is 9.59 Å². The number of esters is 1. The zero-order valence-corrected chi connectivity index (χ0v) is 18.9. The number of hydrogen-bond acceptors (Lipinski definition) is 5. The molecule has 2 aromatic rings. The predicted octanol–water partition coefficient (Wildman–Crippen LogP) is 4.46. The summed E-state index contributed by atoms with van der Waals surface area (Å²) in [5.74, 6) is -0.293. The van der Waals surface area contributed by atoms with Crippen molar-refractivity contribution in [3.63, 3.8) is 0 Å². The van der Waals surface area contributed by atoms with E-state index in [0.717, 1.165) is 28.9 Å². The van der Waals surface area contributed by atoms with Gasteiger partial charge in [-0.05, 0) is 60.2 Å². The normalized spacial score (nSPS) is 19.5. The first kappa shape index (κ1) is 22.1. The Morgan fingerprint density at radius 3 is 2.72 bits per heavy atom. The van der Waals surface area contributed by atoms with Crippen molar-refractivity contribution in [1.82, 2.24) is 4.90 Å². The molecule has 0 aromatic heterocycles. The van der Waals surface area contributed by atoms with Crippen molar-refractivity contribution in [2.75, 3.05) is 43.5 Å². The molecule has 0 aliphatic carbocycles. The third kappa shape index (κ3) is 4.72. The Bertz CT molecular complexity index is 998. The number of hydrogen-bond donors (Lipinski definition) is 2. The van der Waals surface area contributed by atoms with E-state index in [-0.39, 0.29) is 23.5 Å². The number of amides is 2. The second-order valence-corrected chi connectivity index (χ2v) is 8.99. The topological polar surface area (TPSA) is 79.9 Å². The third-order valence-corrected chi connectivity index (χ3v) is 6.11. The largest absolute Gasteiger partial charge is 0.462 e. The number of nitrogens with zero attached hydrogens (tertiary/aromatic N) is 1. The van der Waals surface area contributed by atoms with Gasteiger partial charge in [0.2, 0.25) is 0 Å². The Labute approximate surface area is 189 Å². The Kier molecular flexibility index (Phi) is 6.37. The van der Waals surface area contributed by atoms with Gasteiger partial charge in [0.05, 0.1) is 31.4 Å². The minimum Gasteiger partial charge on any atom is -0.462 e. The first-order chi connectivity index (χ1) is 15.4. The number of morpholine rings is 1. The maximum Gasteiger partial charge on any atom is 0.338 e. The summed E-state index contributed by atoms with van der Waals surface area (Å²) >= 11 is 0. The van der Waals surface area contributed by atoms with Crippen LogP contribution in [0.2, 0.25) is 0 Å². The first-order valence-electron chi connectivity index (χ1n) is 11.2. The van der Waals surface area contributed by atoms with E-state index < -0.39 is 0 Å². The van der Waals surface area contributed by atoms with Crippen LogP contribution in [0.1, 0.15) is 48.3 Å². The van der Waals surface area contributed by atoms with Crippen LogP contribution in [0, 0.1) is 5.41 Å². The summed E-state index contributed by atoms with van der Waals surface area (Å²) in [7, 11) is 0. The number of carbonyl (C=O) groups is 2. The molecule has 0 spiro atoms. The second kappa shape index (κ2) is 9.20. The summed E-state index contributed by atoms with van der Waals surface area (Å²) in [6, 6.07) is 13.7. The highest BCUT2D eigenvalue weighted by Gasteiger charge is 2.36. The van der Waals surface area contributed by atoms with Crippen LogP contribution >= 0.6 is 0 Å². The maximum absolute atomic E-state index is 12.6. The number of ether oxygens (including phenoxy) is 2. The molecule has 170 valence electrons. The molecule has 2 heterocycles. The summed E-state index contributed by atoms with van der Waals surface area (Å²) in [6.45, 7) is 8.95. The number of rotatable bonds is 4. The maximum atomic E-state index is 12.6. The summed E-state index contributed by atoms with van der Waals surface area (Å²) in [5, 5.41) is 6.68. The molecule has 1 atom stereocenters. The molecular formula is C25H31N3O4. The number of benzene rings is 2. The highest BCUT2D eigenvalue weighted by Crippen LogP contribution is 2.45. The van der Waals surface area contributed by atoms with Crippen LogP contribution in [-0.2, 0) is 15.9 Å². The number of anilines is 2. The Morgan fingerprint density at radius 1 is 1.19 bits per heavy atom. The summed E-state index contributed by atoms with van der Waals surface area (Å²) in [4.78, 5) is 26.5. The molecule has 0 bridgehead atoms. The second-order valence-electron chi connectivity index (χ2n) is 8.99. The zero-order chi connectivity index (χ0) is 22.7. The minimum atomic E-state index is -0.293. The minimum absolute atomic E-state index is 0.0590. The van der Waals surface area contributed by atoms with Gasteiger partial charge in [-0.3, -0.25) is 0 Å². The van der Waals surface area contributed by atoms with Gasteiger partial charge in [0.1, 0.15) is 0 Å². The molecule has 2 aliphatic heterocycles. The highest BCUT2D eigenvalue weighted by molar-refractivity contribution is 5.90. The van der Waals surface area contributed by atoms with Crippen molar-refractivity contribution in [1.29, 1.82) is 0 Å². The molecule has 0 saturated carbocycles. The van der Waals surface area contributed by atoms with Crippen LogP contribution < -0.4 is 10.6 Å². The number of urea groups is 1. The predicted molar refractivity (Wildman–Crippen MR) is 124 cm³/mol. The highest BCUT2D eigenvalue weighted by atomic mass is 16.5. The third-order valence-electron chi connectivity index (χ3n) is 6.11. The molecule has 1 fully saturated rings. The van der Waals surface area contributed by atoms with Crippen LogP contribution in [0.5, 0.6) is 0 Å². The summed E-state index contributed by atoms with van der Waals surface area (Å²) < 4.78 is 10.5. The van der Waals surface area contributed by atoms with E-state index >= 15 is 0 Å². The molecule has 7 heteroatoms. The summed E-state index contributed by atoms with van der Waals surface area (Å²) in [5.41, 5.74) is 4.48. The fourth-order valence-corrected chi connectivity index (χ4v) is 4.47. The van der Waals surface area contributed by atoms with Crippen LogP contribution in [-0.4, -0.2) is 49.8 Å². The van der Waals surface area contributed by atoms with Gasteiger partial charge in [-0.1, -0.05) is 26.0 Å². The van der Waals surface area contributed by atoms with Gasteiger partial charge in [-0.2, -0.15) is 0 Å². The van der Waals surface area contributed by atoms with E-state index in [4.69, 9.17) is 9.47 Å². The van der Waals surface area contributed by atoms with Crippen LogP contribution in [0.3, 0.4) is 0 Å². The van der Waals surface area contributed by atoms with E-state index in [9.17, 15) is 9.59 Å². The van der Waals surface area contributed by atoms with Gasteiger partial charge < -0.3 is 25.0 Å².